The molecular formula is C17H26N4O5. The molecule has 0 saturated carbocycles. The van der Waals surface area contributed by atoms with Crippen LogP contribution < -0.4 is 0 Å². The van der Waals surface area contributed by atoms with Crippen molar-refractivity contribution >= 4 is 12.0 Å². The maximum Gasteiger partial charge on any atom is 0.411 e. The summed E-state index contributed by atoms with van der Waals surface area (Å²) in [5.41, 5.74) is -1.56. The van der Waals surface area contributed by atoms with E-state index in [9.17, 15) is 14.7 Å². The first-order valence-corrected chi connectivity index (χ1v) is 8.84. The molecule has 1 N–H and O–H groups in total. The van der Waals surface area contributed by atoms with Crippen molar-refractivity contribution in [3.05, 3.63) is 12.3 Å². The smallest absolute Gasteiger partial charge is 0.411 e. The number of rotatable bonds is 3. The van der Waals surface area contributed by atoms with Gasteiger partial charge in [-0.15, -0.1) is 10.2 Å². The third kappa shape index (κ3) is 2.94. The third-order valence-electron chi connectivity index (χ3n) is 4.98. The summed E-state index contributed by atoms with van der Waals surface area (Å²) < 4.78 is 10.7. The monoisotopic (exact) mass is 366 g/mol. The number of ether oxygens (including phenoxy) is 1. The van der Waals surface area contributed by atoms with Crippen molar-refractivity contribution in [1.29, 1.82) is 0 Å². The molecule has 1 aromatic rings. The average molecular weight is 366 g/mol. The fourth-order valence-corrected chi connectivity index (χ4v) is 3.88. The van der Waals surface area contributed by atoms with Crippen LogP contribution in [0, 0.1) is 0 Å². The summed E-state index contributed by atoms with van der Waals surface area (Å²) in [5, 5.41) is 17.6. The third-order valence-corrected chi connectivity index (χ3v) is 4.98. The molecule has 2 fully saturated rings. The van der Waals surface area contributed by atoms with Gasteiger partial charge in [-0.1, -0.05) is 0 Å². The molecule has 3 heterocycles. The Morgan fingerprint density at radius 3 is 2.69 bits per heavy atom. The van der Waals surface area contributed by atoms with Crippen LogP contribution in [0.1, 0.15) is 59.4 Å². The molecule has 0 radical (unpaired) electrons. The van der Waals surface area contributed by atoms with Gasteiger partial charge in [0, 0.05) is 6.04 Å². The molecule has 2 unspecified atom stereocenters. The first-order chi connectivity index (χ1) is 12.1. The number of likely N-dealkylation sites (tertiary alicyclic amines) is 2. The predicted molar refractivity (Wildman–Crippen MR) is 89.9 cm³/mol. The summed E-state index contributed by atoms with van der Waals surface area (Å²) in [6, 6.07) is -0.823. The van der Waals surface area contributed by atoms with Crippen molar-refractivity contribution in [2.45, 2.75) is 76.8 Å². The van der Waals surface area contributed by atoms with Gasteiger partial charge in [-0.3, -0.25) is 9.69 Å². The van der Waals surface area contributed by atoms with E-state index >= 15 is 0 Å². The van der Waals surface area contributed by atoms with E-state index in [1.54, 1.807) is 32.6 Å². The molecule has 26 heavy (non-hydrogen) atoms. The minimum atomic E-state index is -0.922. The number of hydrogen-bond acceptors (Lipinski definition) is 7. The van der Waals surface area contributed by atoms with Crippen LogP contribution in [0.25, 0.3) is 0 Å². The molecule has 2 aliphatic rings. The summed E-state index contributed by atoms with van der Waals surface area (Å²) in [6.45, 7) is 9.17. The van der Waals surface area contributed by atoms with Gasteiger partial charge in [0.05, 0.1) is 12.6 Å². The van der Waals surface area contributed by atoms with E-state index in [1.807, 2.05) is 6.92 Å². The maximum absolute atomic E-state index is 13.1. The van der Waals surface area contributed by atoms with Crippen molar-refractivity contribution in [2.75, 3.05) is 6.54 Å². The molecule has 9 nitrogen and oxygen atoms in total. The molecule has 2 saturated heterocycles. The molecule has 9 heteroatoms. The highest BCUT2D eigenvalue weighted by molar-refractivity contribution is 5.96. The van der Waals surface area contributed by atoms with E-state index in [0.717, 1.165) is 12.8 Å². The van der Waals surface area contributed by atoms with Gasteiger partial charge in [0.1, 0.15) is 17.2 Å². The summed E-state index contributed by atoms with van der Waals surface area (Å²) in [4.78, 5) is 28.9. The average Bonchev–Trinajstić information content (AvgIpc) is 3.14. The van der Waals surface area contributed by atoms with Crippen LogP contribution in [0.4, 0.5) is 4.79 Å². The number of aliphatic hydroxyl groups is 1. The highest BCUT2D eigenvalue weighted by atomic mass is 16.6. The normalized spacial score (nSPS) is 28.2. The number of β-lactam (4-membered cyclic amide) rings is 1. The van der Waals surface area contributed by atoms with Crippen LogP contribution in [0.5, 0.6) is 0 Å². The van der Waals surface area contributed by atoms with Crippen molar-refractivity contribution < 1.29 is 23.8 Å². The van der Waals surface area contributed by atoms with Crippen molar-refractivity contribution in [3.63, 3.8) is 0 Å². The van der Waals surface area contributed by atoms with Gasteiger partial charge in [0.25, 0.3) is 5.91 Å². The number of nitrogens with zero attached hydrogens (tertiary/aromatic N) is 4. The molecule has 2 aliphatic heterocycles. The minimum Gasteiger partial charge on any atom is -0.444 e. The lowest BCUT2D eigenvalue weighted by Gasteiger charge is -2.53. The lowest BCUT2D eigenvalue weighted by molar-refractivity contribution is -0.171. The Bertz CT molecular complexity index is 684. The summed E-state index contributed by atoms with van der Waals surface area (Å²) in [7, 11) is 0. The van der Waals surface area contributed by atoms with Crippen LogP contribution in [0.15, 0.2) is 10.8 Å². The molecule has 1 spiro atoms. The van der Waals surface area contributed by atoms with Crippen molar-refractivity contribution in [1.82, 2.24) is 20.0 Å². The number of aliphatic hydroxyl groups excluding tert-OH is 1. The van der Waals surface area contributed by atoms with Gasteiger partial charge >= 0.3 is 6.09 Å². The second kappa shape index (κ2) is 6.22. The van der Waals surface area contributed by atoms with Gasteiger partial charge in [0.2, 0.25) is 12.3 Å². The van der Waals surface area contributed by atoms with Gasteiger partial charge in [-0.05, 0) is 47.5 Å². The van der Waals surface area contributed by atoms with Gasteiger partial charge in [0.15, 0.2) is 0 Å². The Morgan fingerprint density at radius 1 is 1.50 bits per heavy atom. The molecular weight excluding hydrogens is 340 g/mol. The van der Waals surface area contributed by atoms with E-state index in [4.69, 9.17) is 9.15 Å². The van der Waals surface area contributed by atoms with E-state index in [0.29, 0.717) is 13.0 Å². The molecule has 0 aromatic carbocycles. The van der Waals surface area contributed by atoms with E-state index < -0.39 is 29.4 Å². The Morgan fingerprint density at radius 2 is 2.19 bits per heavy atom. The maximum atomic E-state index is 13.1. The fraction of sp³-hybridized carbons (Fsp3) is 0.765. The summed E-state index contributed by atoms with van der Waals surface area (Å²) in [5.74, 6) is -0.0464. The van der Waals surface area contributed by atoms with Crippen LogP contribution in [0.3, 0.4) is 0 Å². The topological polar surface area (TPSA) is 109 Å². The minimum absolute atomic E-state index is 0.0932. The second-order valence-corrected chi connectivity index (χ2v) is 8.17. The van der Waals surface area contributed by atoms with Crippen LogP contribution in [-0.4, -0.2) is 66.9 Å². The second-order valence-electron chi connectivity index (χ2n) is 8.17. The van der Waals surface area contributed by atoms with Gasteiger partial charge in [-0.25, -0.2) is 4.79 Å². The zero-order valence-electron chi connectivity index (χ0n) is 15.8. The van der Waals surface area contributed by atoms with E-state index in [-0.39, 0.29) is 17.8 Å². The van der Waals surface area contributed by atoms with Gasteiger partial charge < -0.3 is 19.2 Å². The zero-order valence-corrected chi connectivity index (χ0v) is 15.8. The molecule has 0 aliphatic carbocycles. The van der Waals surface area contributed by atoms with Crippen LogP contribution in [-0.2, 0) is 9.53 Å². The number of carbonyl (C=O) groups excluding carboxylic acids is 2. The highest BCUT2D eigenvalue weighted by Crippen LogP contribution is 2.46. The van der Waals surface area contributed by atoms with Crippen LogP contribution >= 0.6 is 0 Å². The number of hydrogen-bond donors (Lipinski definition) is 1. The molecule has 2 amide bonds. The Hall–Kier alpha value is -2.16. The lowest BCUT2D eigenvalue weighted by Crippen LogP contribution is -2.74. The van der Waals surface area contributed by atoms with E-state index in [2.05, 4.69) is 10.2 Å². The molecule has 4 atom stereocenters. The standard InChI is InChI=1S/C17H26N4O5/c1-10-6-7-17(21(10)15(24)26-16(3,4)5)8-20(14(17)23)12(11(2)22)13-19-18-9-25-13/h9-12,22H,6-8H2,1-5H3/t10?,11-,12+,17?/m1/s1. The van der Waals surface area contributed by atoms with Gasteiger partial charge in [-0.2, -0.15) is 0 Å². The molecule has 144 valence electrons. The van der Waals surface area contributed by atoms with Crippen LogP contribution in [0.2, 0.25) is 0 Å². The SMILES string of the molecule is CC1CCC2(CN([C@H](c3nnco3)[C@@H](C)O)C2=O)N1C(=O)OC(C)(C)C. The largest absolute Gasteiger partial charge is 0.444 e. The number of amides is 2. The molecule has 3 rings (SSSR count). The first kappa shape index (κ1) is 18.6. The fourth-order valence-electron chi connectivity index (χ4n) is 3.88. The lowest BCUT2D eigenvalue weighted by atomic mass is 9.83. The predicted octanol–water partition coefficient (Wildman–Crippen LogP) is 1.49. The Balaban J connectivity index is 1.83. The summed E-state index contributed by atoms with van der Waals surface area (Å²) in [6.07, 6.45) is 1.08. The number of carbonyl (C=O) groups is 2. The summed E-state index contributed by atoms with van der Waals surface area (Å²) >= 11 is 0. The van der Waals surface area contributed by atoms with Crippen molar-refractivity contribution in [3.8, 4) is 0 Å². The first-order valence-electron chi connectivity index (χ1n) is 8.84. The zero-order chi connectivity index (χ0) is 19.3. The quantitative estimate of drug-likeness (QED) is 0.807. The van der Waals surface area contributed by atoms with Crippen molar-refractivity contribution in [2.24, 2.45) is 0 Å². The van der Waals surface area contributed by atoms with E-state index in [1.165, 1.54) is 4.90 Å². The number of aromatic nitrogens is 2. The molecule has 0 bridgehead atoms. The Kier molecular flexibility index (Phi) is 4.46. The Labute approximate surface area is 152 Å². The highest BCUT2D eigenvalue weighted by Gasteiger charge is 2.64. The molecule has 1 aromatic heterocycles.